The number of aromatic nitrogens is 3. The molecule has 6 heteroatoms. The van der Waals surface area contributed by atoms with Crippen molar-refractivity contribution in [1.29, 1.82) is 0 Å². The van der Waals surface area contributed by atoms with E-state index in [1.807, 2.05) is 18.2 Å². The molecule has 1 aliphatic carbocycles. The molecule has 3 heterocycles. The average molecular weight is 404 g/mol. The van der Waals surface area contributed by atoms with E-state index in [1.165, 1.54) is 5.56 Å². The van der Waals surface area contributed by atoms with E-state index in [2.05, 4.69) is 50.2 Å². The highest BCUT2D eigenvalue weighted by atomic mass is 16.3. The first kappa shape index (κ1) is 19.3. The van der Waals surface area contributed by atoms with Crippen LogP contribution in [0.3, 0.4) is 0 Å². The molecular weight excluding hydrogens is 374 g/mol. The summed E-state index contributed by atoms with van der Waals surface area (Å²) in [7, 11) is 0. The van der Waals surface area contributed by atoms with Crippen LogP contribution in [0.2, 0.25) is 0 Å². The van der Waals surface area contributed by atoms with Gasteiger partial charge in [-0.15, -0.1) is 0 Å². The molecule has 1 unspecified atom stereocenters. The van der Waals surface area contributed by atoms with E-state index in [1.54, 1.807) is 10.9 Å². The molecule has 1 atom stereocenters. The molecule has 0 saturated carbocycles. The summed E-state index contributed by atoms with van der Waals surface area (Å²) in [5.74, 6) is 0.933. The summed E-state index contributed by atoms with van der Waals surface area (Å²) in [6, 6.07) is 16.9. The largest absolute Gasteiger partial charge is 0.493 e. The van der Waals surface area contributed by atoms with Crippen molar-refractivity contribution < 1.29 is 5.11 Å². The molecule has 0 radical (unpaired) electrons. The van der Waals surface area contributed by atoms with Crippen molar-refractivity contribution in [2.24, 2.45) is 0 Å². The van der Waals surface area contributed by atoms with Gasteiger partial charge in [0.05, 0.1) is 5.69 Å². The van der Waals surface area contributed by atoms with E-state index in [0.29, 0.717) is 11.9 Å². The molecule has 1 aliphatic heterocycles. The van der Waals surface area contributed by atoms with Gasteiger partial charge in [-0.1, -0.05) is 36.4 Å². The Bertz CT molecular complexity index is 964. The highest BCUT2D eigenvalue weighted by Crippen LogP contribution is 2.32. The predicted octanol–water partition coefficient (Wildman–Crippen LogP) is 2.69. The number of aryl methyl sites for hydroxylation is 1. The van der Waals surface area contributed by atoms with Crippen molar-refractivity contribution in [2.45, 2.75) is 31.7 Å². The number of hydrogen-bond acceptors (Lipinski definition) is 5. The number of pyridine rings is 1. The molecule has 0 bridgehead atoms. The molecule has 6 nitrogen and oxygen atoms in total. The number of aromatic hydroxyl groups is 1. The highest BCUT2D eigenvalue weighted by Gasteiger charge is 2.31. The van der Waals surface area contributed by atoms with Crippen LogP contribution in [0.5, 0.6) is 5.88 Å². The normalized spacial score (nSPS) is 20.2. The Morgan fingerprint density at radius 1 is 0.967 bits per heavy atom. The van der Waals surface area contributed by atoms with Crippen LogP contribution in [-0.2, 0) is 19.3 Å². The minimum atomic E-state index is 0.259. The number of hydrogen-bond donors (Lipinski definition) is 1. The van der Waals surface area contributed by atoms with Gasteiger partial charge in [-0.25, -0.2) is 4.98 Å². The zero-order valence-corrected chi connectivity index (χ0v) is 17.3. The van der Waals surface area contributed by atoms with Crippen LogP contribution in [0.1, 0.15) is 23.2 Å². The number of fused-ring (bicyclic) bond motifs is 1. The summed E-state index contributed by atoms with van der Waals surface area (Å²) >= 11 is 0. The standard InChI is InChI=1S/C24H29N5O/c30-24-21-18-20(9-10-22(21)26-29(24)23-8-4-5-12-25-23)28-16-14-27(15-17-28)13-11-19-6-2-1-3-7-19/h1-8,12,20,30H,9-11,13-18H2. The van der Waals surface area contributed by atoms with Crippen LogP contribution in [0.25, 0.3) is 5.82 Å². The molecule has 30 heavy (non-hydrogen) atoms. The predicted molar refractivity (Wildman–Crippen MR) is 117 cm³/mol. The third-order valence-electron chi connectivity index (χ3n) is 6.54. The van der Waals surface area contributed by atoms with Gasteiger partial charge in [-0.2, -0.15) is 9.78 Å². The lowest BCUT2D eigenvalue weighted by Gasteiger charge is -2.40. The SMILES string of the molecule is Oc1c2c(nn1-c1ccccn1)CCC(N1CCN(CCc3ccccc3)CC1)C2. The van der Waals surface area contributed by atoms with Crippen LogP contribution >= 0.6 is 0 Å². The number of nitrogens with zero attached hydrogens (tertiary/aromatic N) is 5. The van der Waals surface area contributed by atoms with Gasteiger partial charge in [0, 0.05) is 50.5 Å². The smallest absolute Gasteiger partial charge is 0.219 e. The molecule has 0 amide bonds. The Morgan fingerprint density at radius 2 is 1.77 bits per heavy atom. The molecule has 3 aromatic rings. The maximum absolute atomic E-state index is 10.8. The summed E-state index contributed by atoms with van der Waals surface area (Å²) < 4.78 is 1.59. The summed E-state index contributed by atoms with van der Waals surface area (Å²) in [5.41, 5.74) is 3.44. The van der Waals surface area contributed by atoms with Gasteiger partial charge in [0.2, 0.25) is 5.88 Å². The molecule has 0 spiro atoms. The Balaban J connectivity index is 1.19. The maximum Gasteiger partial charge on any atom is 0.219 e. The topological polar surface area (TPSA) is 57.4 Å². The quantitative estimate of drug-likeness (QED) is 0.710. The van der Waals surface area contributed by atoms with Crippen LogP contribution < -0.4 is 0 Å². The van der Waals surface area contributed by atoms with Gasteiger partial charge in [0.15, 0.2) is 5.82 Å². The molecule has 2 aromatic heterocycles. The minimum absolute atomic E-state index is 0.259. The van der Waals surface area contributed by atoms with E-state index in [-0.39, 0.29) is 5.88 Å². The molecule has 1 saturated heterocycles. The molecule has 1 N–H and O–H groups in total. The van der Waals surface area contributed by atoms with Crippen molar-refractivity contribution in [3.05, 3.63) is 71.5 Å². The summed E-state index contributed by atoms with van der Waals surface area (Å²) in [4.78, 5) is 9.52. The lowest BCUT2D eigenvalue weighted by molar-refractivity contribution is 0.0898. The molecule has 1 fully saturated rings. The van der Waals surface area contributed by atoms with Gasteiger partial charge >= 0.3 is 0 Å². The van der Waals surface area contributed by atoms with Crippen LogP contribution in [-0.4, -0.2) is 68.4 Å². The third kappa shape index (κ3) is 3.98. The fraction of sp³-hybridized carbons (Fsp3) is 0.417. The Labute approximate surface area is 177 Å². The zero-order chi connectivity index (χ0) is 20.3. The van der Waals surface area contributed by atoms with Crippen molar-refractivity contribution >= 4 is 0 Å². The summed E-state index contributed by atoms with van der Waals surface area (Å²) in [6.45, 7) is 5.57. The fourth-order valence-electron chi connectivity index (χ4n) is 4.77. The lowest BCUT2D eigenvalue weighted by atomic mass is 9.91. The van der Waals surface area contributed by atoms with E-state index < -0.39 is 0 Å². The second kappa shape index (κ2) is 8.58. The van der Waals surface area contributed by atoms with Crippen molar-refractivity contribution in [3.63, 3.8) is 0 Å². The Hall–Kier alpha value is -2.70. The van der Waals surface area contributed by atoms with Crippen molar-refractivity contribution in [1.82, 2.24) is 24.6 Å². The van der Waals surface area contributed by atoms with Crippen LogP contribution in [0.4, 0.5) is 0 Å². The number of piperazine rings is 1. The van der Waals surface area contributed by atoms with E-state index in [0.717, 1.165) is 69.7 Å². The molecule has 2 aliphatic rings. The van der Waals surface area contributed by atoms with Crippen molar-refractivity contribution in [3.8, 4) is 11.7 Å². The molecule has 1 aromatic carbocycles. The van der Waals surface area contributed by atoms with Crippen LogP contribution in [0, 0.1) is 0 Å². The molecular formula is C24H29N5O. The maximum atomic E-state index is 10.8. The second-order valence-corrected chi connectivity index (χ2v) is 8.36. The summed E-state index contributed by atoms with van der Waals surface area (Å²) in [5, 5.41) is 15.4. The van der Waals surface area contributed by atoms with Gasteiger partial charge in [0.1, 0.15) is 0 Å². The monoisotopic (exact) mass is 403 g/mol. The second-order valence-electron chi connectivity index (χ2n) is 8.36. The Morgan fingerprint density at radius 3 is 2.53 bits per heavy atom. The number of rotatable bonds is 5. The minimum Gasteiger partial charge on any atom is -0.493 e. The van der Waals surface area contributed by atoms with Gasteiger partial charge in [0.25, 0.3) is 0 Å². The highest BCUT2D eigenvalue weighted by molar-refractivity contribution is 5.39. The van der Waals surface area contributed by atoms with E-state index >= 15 is 0 Å². The Kier molecular flexibility index (Phi) is 5.51. The van der Waals surface area contributed by atoms with Gasteiger partial charge in [-0.05, 0) is 43.4 Å². The first-order valence-corrected chi connectivity index (χ1v) is 11.0. The average Bonchev–Trinajstić information content (AvgIpc) is 3.15. The van der Waals surface area contributed by atoms with Gasteiger partial charge < -0.3 is 10.0 Å². The molecule has 5 rings (SSSR count). The summed E-state index contributed by atoms with van der Waals surface area (Å²) in [6.07, 6.45) is 5.75. The zero-order valence-electron chi connectivity index (χ0n) is 17.3. The number of benzene rings is 1. The van der Waals surface area contributed by atoms with Crippen LogP contribution in [0.15, 0.2) is 54.7 Å². The first-order valence-electron chi connectivity index (χ1n) is 11.0. The fourth-order valence-corrected chi connectivity index (χ4v) is 4.77. The van der Waals surface area contributed by atoms with Gasteiger partial charge in [-0.3, -0.25) is 4.90 Å². The van der Waals surface area contributed by atoms with E-state index in [9.17, 15) is 5.11 Å². The molecule has 156 valence electrons. The lowest BCUT2D eigenvalue weighted by Crippen LogP contribution is -2.51. The third-order valence-corrected chi connectivity index (χ3v) is 6.54. The first-order chi connectivity index (χ1) is 14.8. The van der Waals surface area contributed by atoms with Crippen molar-refractivity contribution in [2.75, 3.05) is 32.7 Å². The van der Waals surface area contributed by atoms with E-state index in [4.69, 9.17) is 0 Å².